The fourth-order valence-corrected chi connectivity index (χ4v) is 2.78. The van der Waals surface area contributed by atoms with E-state index in [1.165, 1.54) is 0 Å². The topological polar surface area (TPSA) is 68.0 Å². The van der Waals surface area contributed by atoms with Gasteiger partial charge in [0.25, 0.3) is 0 Å². The van der Waals surface area contributed by atoms with Gasteiger partial charge >= 0.3 is 12.4 Å². The molecule has 0 aliphatic heterocycles. The number of hydrogen-bond donors (Lipinski definition) is 1. The van der Waals surface area contributed by atoms with E-state index in [2.05, 4.69) is 10.1 Å². The maximum atomic E-state index is 14.0. The number of aromatic nitrogens is 3. The zero-order valence-electron chi connectivity index (χ0n) is 16.1. The molecule has 0 spiro atoms. The number of benzene rings is 1. The molecule has 0 bridgehead atoms. The second-order valence-electron chi connectivity index (χ2n) is 6.46. The molecule has 0 aliphatic rings. The van der Waals surface area contributed by atoms with E-state index in [1.54, 1.807) is 0 Å². The molecule has 3 aromatic rings. The largest absolute Gasteiger partial charge is 0.493 e. The van der Waals surface area contributed by atoms with Gasteiger partial charge in [-0.1, -0.05) is 0 Å². The predicted molar refractivity (Wildman–Crippen MR) is 87.5 cm³/mol. The zero-order valence-corrected chi connectivity index (χ0v) is 17.3. The van der Waals surface area contributed by atoms with Gasteiger partial charge in [-0.15, -0.1) is 0 Å². The summed E-state index contributed by atoms with van der Waals surface area (Å²) in [6, 6.07) is -0.254. The van der Waals surface area contributed by atoms with Crippen molar-refractivity contribution in [2.75, 3.05) is 0 Å². The van der Waals surface area contributed by atoms with Crippen LogP contribution in [0.2, 0.25) is 0 Å². The van der Waals surface area contributed by atoms with Crippen molar-refractivity contribution in [1.29, 1.82) is 0 Å². The van der Waals surface area contributed by atoms with Crippen molar-refractivity contribution in [3.05, 3.63) is 69.7 Å². The molecular formula is C18H7F10MnN3O2. The molecule has 16 heteroatoms. The number of carbonyl (C=O) groups is 1. The first-order valence-corrected chi connectivity index (χ1v) is 8.37. The van der Waals surface area contributed by atoms with E-state index < -0.39 is 81.2 Å². The number of rotatable bonds is 3. The summed E-state index contributed by atoms with van der Waals surface area (Å²) in [6.45, 7) is 0.894. The van der Waals surface area contributed by atoms with Gasteiger partial charge in [-0.3, -0.25) is 4.79 Å². The molecule has 0 saturated heterocycles. The maximum absolute atomic E-state index is 14.0. The molecule has 1 N–H and O–H groups in total. The first kappa shape index (κ1) is 27.1. The molecule has 0 saturated carbocycles. The molecule has 5 nitrogen and oxygen atoms in total. The third kappa shape index (κ3) is 4.73. The Balaban J connectivity index is 0.00000408. The first-order chi connectivity index (χ1) is 15.0. The Hall–Kier alpha value is -3.13. The van der Waals surface area contributed by atoms with E-state index in [-0.39, 0.29) is 39.9 Å². The number of nitrogens with zero attached hydrogens (tertiary/aromatic N) is 3. The second kappa shape index (κ2) is 8.91. The molecule has 183 valence electrons. The summed E-state index contributed by atoms with van der Waals surface area (Å²) in [4.78, 5) is 15.1. The smallest absolute Gasteiger partial charge is 0.433 e. The van der Waals surface area contributed by atoms with Crippen molar-refractivity contribution in [2.24, 2.45) is 0 Å². The quantitative estimate of drug-likeness (QED) is 0.217. The van der Waals surface area contributed by atoms with Gasteiger partial charge in [0.15, 0.2) is 23.3 Å². The van der Waals surface area contributed by atoms with Gasteiger partial charge in [0, 0.05) is 28.7 Å². The summed E-state index contributed by atoms with van der Waals surface area (Å²) < 4.78 is 133. The molecule has 2 aromatic heterocycles. The van der Waals surface area contributed by atoms with Crippen LogP contribution < -0.4 is 0 Å². The van der Waals surface area contributed by atoms with E-state index in [9.17, 15) is 53.8 Å². The predicted octanol–water partition coefficient (Wildman–Crippen LogP) is 5.10. The van der Waals surface area contributed by atoms with Crippen LogP contribution in [0.4, 0.5) is 43.9 Å². The van der Waals surface area contributed by atoms with Gasteiger partial charge < -0.3 is 5.11 Å². The number of pyridine rings is 1. The SMILES string of the molecule is Cc1nn(-c2c(F)c(F)cc(F)c2F)c(O)c1C(=O)c1cc(C(F)(F)F)nc(C(F)(F)F)c1.[Mn]. The van der Waals surface area contributed by atoms with Gasteiger partial charge in [-0.05, 0) is 19.1 Å². The summed E-state index contributed by atoms with van der Waals surface area (Å²) in [5.41, 5.74) is -8.77. The van der Waals surface area contributed by atoms with Gasteiger partial charge in [-0.25, -0.2) is 22.5 Å². The van der Waals surface area contributed by atoms with E-state index >= 15 is 0 Å². The summed E-state index contributed by atoms with van der Waals surface area (Å²) in [6.07, 6.45) is -10.8. The Kier molecular flexibility index (Phi) is 7.10. The molecule has 0 atom stereocenters. The van der Waals surface area contributed by atoms with Crippen LogP contribution in [0.25, 0.3) is 5.69 Å². The number of aryl methyl sites for hydroxylation is 1. The molecule has 0 amide bonds. The minimum Gasteiger partial charge on any atom is -0.493 e. The fourth-order valence-electron chi connectivity index (χ4n) is 2.78. The summed E-state index contributed by atoms with van der Waals surface area (Å²) in [5, 5.41) is 13.6. The Morgan fingerprint density at radius 1 is 0.882 bits per heavy atom. The molecular weight excluding hydrogens is 535 g/mol. The van der Waals surface area contributed by atoms with Crippen LogP contribution in [0.1, 0.15) is 33.0 Å². The van der Waals surface area contributed by atoms with E-state index in [0.29, 0.717) is 0 Å². The van der Waals surface area contributed by atoms with Crippen molar-refractivity contribution in [3.8, 4) is 11.6 Å². The van der Waals surface area contributed by atoms with Crippen molar-refractivity contribution in [3.63, 3.8) is 0 Å². The van der Waals surface area contributed by atoms with Crippen molar-refractivity contribution in [1.82, 2.24) is 14.8 Å². The molecule has 1 aromatic carbocycles. The summed E-state index contributed by atoms with van der Waals surface area (Å²) in [7, 11) is 0. The standard InChI is InChI=1S/C18H7F10N3O2.Mn/c1-5-11(16(33)31(30-5)14-12(21)7(19)4-8(20)13(14)22)15(32)6-2-9(17(23,24)25)29-10(3-6)18(26,27)28;/h2-4,33H,1H3;. The van der Waals surface area contributed by atoms with Crippen LogP contribution >= 0.6 is 0 Å². The average molecular weight is 542 g/mol. The Morgan fingerprint density at radius 2 is 1.32 bits per heavy atom. The van der Waals surface area contributed by atoms with Gasteiger partial charge in [0.1, 0.15) is 22.6 Å². The molecule has 1 radical (unpaired) electrons. The molecule has 2 heterocycles. The Labute approximate surface area is 192 Å². The molecule has 0 unspecified atom stereocenters. The third-order valence-electron chi connectivity index (χ3n) is 4.23. The number of ketones is 1. The number of carbonyl (C=O) groups excluding carboxylic acids is 1. The molecule has 3 rings (SSSR count). The van der Waals surface area contributed by atoms with Crippen LogP contribution in [0, 0.1) is 30.2 Å². The Bertz CT molecular complexity index is 1230. The first-order valence-electron chi connectivity index (χ1n) is 8.37. The maximum Gasteiger partial charge on any atom is 0.433 e. The zero-order chi connectivity index (χ0) is 25.0. The van der Waals surface area contributed by atoms with Crippen LogP contribution in [0.3, 0.4) is 0 Å². The van der Waals surface area contributed by atoms with Gasteiger partial charge in [0.05, 0.1) is 5.69 Å². The van der Waals surface area contributed by atoms with E-state index in [0.717, 1.165) is 6.92 Å². The van der Waals surface area contributed by atoms with Crippen LogP contribution in [-0.2, 0) is 29.4 Å². The molecule has 0 aliphatic carbocycles. The summed E-state index contributed by atoms with van der Waals surface area (Å²) in [5.74, 6) is -11.1. The second-order valence-corrected chi connectivity index (χ2v) is 6.46. The van der Waals surface area contributed by atoms with E-state index in [4.69, 9.17) is 0 Å². The van der Waals surface area contributed by atoms with Gasteiger partial charge in [0.2, 0.25) is 11.7 Å². The third-order valence-corrected chi connectivity index (χ3v) is 4.23. The fraction of sp³-hybridized carbons (Fsp3) is 0.167. The van der Waals surface area contributed by atoms with Crippen molar-refractivity contribution in [2.45, 2.75) is 19.3 Å². The van der Waals surface area contributed by atoms with Crippen molar-refractivity contribution < 1.29 is 70.9 Å². The van der Waals surface area contributed by atoms with Crippen molar-refractivity contribution >= 4 is 5.78 Å². The van der Waals surface area contributed by atoms with Gasteiger partial charge in [-0.2, -0.15) is 36.1 Å². The van der Waals surface area contributed by atoms with E-state index in [1.807, 2.05) is 0 Å². The van der Waals surface area contributed by atoms with Crippen LogP contribution in [0.5, 0.6) is 5.88 Å². The monoisotopic (exact) mass is 542 g/mol. The molecule has 0 fully saturated rings. The number of hydrogen-bond acceptors (Lipinski definition) is 4. The number of aromatic hydroxyl groups is 1. The number of alkyl halides is 6. The minimum absolute atomic E-state index is 0. The minimum atomic E-state index is -5.40. The van der Waals surface area contributed by atoms with Crippen LogP contribution in [0.15, 0.2) is 18.2 Å². The Morgan fingerprint density at radius 3 is 1.74 bits per heavy atom. The normalized spacial score (nSPS) is 12.0. The number of halogens is 10. The summed E-state index contributed by atoms with van der Waals surface area (Å²) >= 11 is 0. The average Bonchev–Trinajstić information content (AvgIpc) is 2.98. The molecule has 34 heavy (non-hydrogen) atoms. The van der Waals surface area contributed by atoms with Crippen LogP contribution in [-0.4, -0.2) is 25.7 Å².